The second-order valence-corrected chi connectivity index (χ2v) is 4.84. The van der Waals surface area contributed by atoms with E-state index in [0.29, 0.717) is 0 Å². The van der Waals surface area contributed by atoms with E-state index >= 15 is 0 Å². The molecule has 2 rings (SSSR count). The number of hydrogen-bond acceptors (Lipinski definition) is 3. The standard InChI is InChI=1S/C11H15F3N4O/c1-17-7-16-6-8(17)10(15)2-4-18(5-3-10)9(19)11(12,13)14/h6-7H,2-5,15H2,1H3. The minimum Gasteiger partial charge on any atom is -0.336 e. The van der Waals surface area contributed by atoms with Crippen LogP contribution in [-0.4, -0.2) is 39.6 Å². The summed E-state index contributed by atoms with van der Waals surface area (Å²) in [6.07, 6.45) is -1.04. The molecule has 19 heavy (non-hydrogen) atoms. The third-order valence-electron chi connectivity index (χ3n) is 3.51. The van der Waals surface area contributed by atoms with Crippen molar-refractivity contribution in [3.05, 3.63) is 18.2 Å². The lowest BCUT2D eigenvalue weighted by Gasteiger charge is -2.39. The second kappa shape index (κ2) is 4.52. The van der Waals surface area contributed by atoms with Crippen molar-refractivity contribution in [2.45, 2.75) is 24.6 Å². The molecule has 5 nitrogen and oxygen atoms in total. The number of nitrogens with zero attached hydrogens (tertiary/aromatic N) is 3. The molecule has 1 aromatic rings. The number of nitrogens with two attached hydrogens (primary N) is 1. The Morgan fingerprint density at radius 2 is 2.00 bits per heavy atom. The average Bonchev–Trinajstić information content (AvgIpc) is 2.75. The van der Waals surface area contributed by atoms with E-state index < -0.39 is 17.6 Å². The largest absolute Gasteiger partial charge is 0.471 e. The number of halogens is 3. The van der Waals surface area contributed by atoms with Gasteiger partial charge in [0.2, 0.25) is 0 Å². The molecule has 8 heteroatoms. The quantitative estimate of drug-likeness (QED) is 0.823. The minimum atomic E-state index is -4.82. The van der Waals surface area contributed by atoms with Gasteiger partial charge in [-0.3, -0.25) is 4.79 Å². The number of hydrogen-bond donors (Lipinski definition) is 1. The molecular formula is C11H15F3N4O. The third-order valence-corrected chi connectivity index (χ3v) is 3.51. The molecule has 1 aliphatic heterocycles. The summed E-state index contributed by atoms with van der Waals surface area (Å²) in [5.74, 6) is -1.79. The molecule has 1 fully saturated rings. The second-order valence-electron chi connectivity index (χ2n) is 4.84. The van der Waals surface area contributed by atoms with Gasteiger partial charge >= 0.3 is 12.1 Å². The van der Waals surface area contributed by atoms with Crippen LogP contribution in [0.4, 0.5) is 13.2 Å². The number of alkyl halides is 3. The number of rotatable bonds is 1. The number of aromatic nitrogens is 2. The fraction of sp³-hybridized carbons (Fsp3) is 0.636. The zero-order valence-electron chi connectivity index (χ0n) is 10.4. The van der Waals surface area contributed by atoms with E-state index in [4.69, 9.17) is 5.73 Å². The molecule has 0 saturated carbocycles. The Kier molecular flexibility index (Phi) is 3.29. The summed E-state index contributed by atoms with van der Waals surface area (Å²) in [6.45, 7) is 0.0000463. The van der Waals surface area contributed by atoms with Gasteiger partial charge in [0.25, 0.3) is 0 Å². The highest BCUT2D eigenvalue weighted by Gasteiger charge is 2.45. The predicted octanol–water partition coefficient (Wildman–Crippen LogP) is 0.759. The van der Waals surface area contributed by atoms with Crippen LogP contribution in [0.15, 0.2) is 12.5 Å². The number of likely N-dealkylation sites (tertiary alicyclic amines) is 1. The van der Waals surface area contributed by atoms with Crippen molar-refractivity contribution in [2.75, 3.05) is 13.1 Å². The number of imidazole rings is 1. The maximum absolute atomic E-state index is 12.3. The zero-order valence-corrected chi connectivity index (χ0v) is 10.4. The van der Waals surface area contributed by atoms with Crippen molar-refractivity contribution < 1.29 is 18.0 Å². The van der Waals surface area contributed by atoms with Crippen molar-refractivity contribution in [1.82, 2.24) is 14.5 Å². The lowest BCUT2D eigenvalue weighted by Crippen LogP contribution is -2.53. The van der Waals surface area contributed by atoms with Gasteiger partial charge in [0, 0.05) is 26.3 Å². The summed E-state index contributed by atoms with van der Waals surface area (Å²) in [4.78, 5) is 15.9. The first kappa shape index (κ1) is 13.9. The Bertz CT molecular complexity index is 475. The van der Waals surface area contributed by atoms with E-state index in [9.17, 15) is 18.0 Å². The SMILES string of the molecule is Cn1cncc1C1(N)CCN(C(=O)C(F)(F)F)CC1. The van der Waals surface area contributed by atoms with Crippen molar-refractivity contribution in [3.63, 3.8) is 0 Å². The van der Waals surface area contributed by atoms with Gasteiger partial charge in [-0.1, -0.05) is 0 Å². The number of carbonyl (C=O) groups is 1. The average molecular weight is 276 g/mol. The summed E-state index contributed by atoms with van der Waals surface area (Å²) in [5, 5.41) is 0. The highest BCUT2D eigenvalue weighted by atomic mass is 19.4. The summed E-state index contributed by atoms with van der Waals surface area (Å²) < 4.78 is 38.7. The Morgan fingerprint density at radius 1 is 1.42 bits per heavy atom. The molecule has 1 amide bonds. The Balaban J connectivity index is 2.07. The molecule has 2 heterocycles. The molecule has 0 unspecified atom stereocenters. The number of carbonyl (C=O) groups excluding carboxylic acids is 1. The van der Waals surface area contributed by atoms with Gasteiger partial charge < -0.3 is 15.2 Å². The first-order valence-corrected chi connectivity index (χ1v) is 5.86. The Labute approximate surface area is 108 Å². The van der Waals surface area contributed by atoms with Crippen molar-refractivity contribution in [2.24, 2.45) is 12.8 Å². The maximum atomic E-state index is 12.3. The van der Waals surface area contributed by atoms with Crippen molar-refractivity contribution >= 4 is 5.91 Å². The highest BCUT2D eigenvalue weighted by Crippen LogP contribution is 2.31. The van der Waals surface area contributed by atoms with E-state index in [1.54, 1.807) is 24.1 Å². The number of aryl methyl sites for hydroxylation is 1. The summed E-state index contributed by atoms with van der Waals surface area (Å²) >= 11 is 0. The van der Waals surface area contributed by atoms with Gasteiger partial charge in [0.15, 0.2) is 0 Å². The van der Waals surface area contributed by atoms with Crippen LogP contribution in [-0.2, 0) is 17.4 Å². The van der Waals surface area contributed by atoms with Crippen LogP contribution in [0.5, 0.6) is 0 Å². The van der Waals surface area contributed by atoms with Crippen LogP contribution in [0.25, 0.3) is 0 Å². The Hall–Kier alpha value is -1.57. The molecule has 1 aliphatic rings. The molecule has 1 saturated heterocycles. The molecule has 0 radical (unpaired) electrons. The fourth-order valence-corrected chi connectivity index (χ4v) is 2.38. The topological polar surface area (TPSA) is 64.2 Å². The molecule has 0 bridgehead atoms. The molecule has 0 atom stereocenters. The first-order chi connectivity index (χ1) is 8.74. The molecule has 0 spiro atoms. The summed E-state index contributed by atoms with van der Waals surface area (Å²) in [7, 11) is 1.78. The Morgan fingerprint density at radius 3 is 2.42 bits per heavy atom. The van der Waals surface area contributed by atoms with Crippen LogP contribution >= 0.6 is 0 Å². The molecule has 106 valence electrons. The minimum absolute atomic E-state index is 0.0000231. The maximum Gasteiger partial charge on any atom is 0.471 e. The van der Waals surface area contributed by atoms with E-state index in [1.165, 1.54) is 0 Å². The lowest BCUT2D eigenvalue weighted by atomic mass is 9.85. The first-order valence-electron chi connectivity index (χ1n) is 5.86. The van der Waals surface area contributed by atoms with E-state index in [0.717, 1.165) is 10.6 Å². The van der Waals surface area contributed by atoms with Crippen LogP contribution in [0.3, 0.4) is 0 Å². The number of amides is 1. The third kappa shape index (κ3) is 2.58. The van der Waals surface area contributed by atoms with Crippen LogP contribution in [0.1, 0.15) is 18.5 Å². The zero-order chi connectivity index (χ0) is 14.3. The summed E-state index contributed by atoms with van der Waals surface area (Å²) in [5.41, 5.74) is 6.26. The van der Waals surface area contributed by atoms with Gasteiger partial charge in [-0.25, -0.2) is 4.98 Å². The lowest BCUT2D eigenvalue weighted by molar-refractivity contribution is -0.187. The molecule has 2 N–H and O–H groups in total. The van der Waals surface area contributed by atoms with Gasteiger partial charge in [-0.15, -0.1) is 0 Å². The molecule has 1 aromatic heterocycles. The van der Waals surface area contributed by atoms with E-state index in [2.05, 4.69) is 4.98 Å². The monoisotopic (exact) mass is 276 g/mol. The van der Waals surface area contributed by atoms with Crippen LogP contribution in [0.2, 0.25) is 0 Å². The predicted molar refractivity (Wildman–Crippen MR) is 60.9 cm³/mol. The molecule has 0 aliphatic carbocycles. The van der Waals surface area contributed by atoms with Crippen molar-refractivity contribution in [1.29, 1.82) is 0 Å². The van der Waals surface area contributed by atoms with Gasteiger partial charge in [-0.05, 0) is 12.8 Å². The van der Waals surface area contributed by atoms with Gasteiger partial charge in [0.05, 0.1) is 17.6 Å². The van der Waals surface area contributed by atoms with Gasteiger partial charge in [0.1, 0.15) is 0 Å². The molecule has 0 aromatic carbocycles. The van der Waals surface area contributed by atoms with Gasteiger partial charge in [-0.2, -0.15) is 13.2 Å². The van der Waals surface area contributed by atoms with E-state index in [1.807, 2.05) is 0 Å². The molecular weight excluding hydrogens is 261 g/mol. The fourth-order valence-electron chi connectivity index (χ4n) is 2.38. The number of piperidine rings is 1. The van der Waals surface area contributed by atoms with E-state index in [-0.39, 0.29) is 25.9 Å². The smallest absolute Gasteiger partial charge is 0.336 e. The summed E-state index contributed by atoms with van der Waals surface area (Å²) in [6, 6.07) is 0. The van der Waals surface area contributed by atoms with Crippen LogP contribution in [0, 0.1) is 0 Å². The van der Waals surface area contributed by atoms with Crippen molar-refractivity contribution in [3.8, 4) is 0 Å². The van der Waals surface area contributed by atoms with Crippen LogP contribution < -0.4 is 5.73 Å². The normalized spacial score (nSPS) is 19.5. The highest BCUT2D eigenvalue weighted by molar-refractivity contribution is 5.81.